The highest BCUT2D eigenvalue weighted by Gasteiger charge is 2.23. The van der Waals surface area contributed by atoms with Gasteiger partial charge in [0.1, 0.15) is 11.6 Å². The smallest absolute Gasteiger partial charge is 0.149 e. The van der Waals surface area contributed by atoms with Crippen LogP contribution in [-0.4, -0.2) is 61.9 Å². The Hall–Kier alpha value is -1.40. The number of hydrogen-bond acceptors (Lipinski definition) is 6. The number of ether oxygens (including phenoxy) is 1. The number of nitrogens with zero attached hydrogens (tertiary/aromatic N) is 4. The largest absolute Gasteiger partial charge is 0.378 e. The number of hydrogen-bond donors (Lipinski definition) is 1. The number of anilines is 2. The minimum atomic E-state index is 0.521. The Kier molecular flexibility index (Phi) is 4.55. The Labute approximate surface area is 126 Å². The van der Waals surface area contributed by atoms with Crippen LogP contribution in [0.15, 0.2) is 12.4 Å². The molecule has 1 atom stereocenters. The molecule has 0 radical (unpaired) electrons. The summed E-state index contributed by atoms with van der Waals surface area (Å²) < 4.78 is 5.40. The van der Waals surface area contributed by atoms with Gasteiger partial charge in [0, 0.05) is 38.8 Å². The Bertz CT molecular complexity index is 461. The molecule has 0 aliphatic carbocycles. The van der Waals surface area contributed by atoms with Crippen molar-refractivity contribution < 1.29 is 4.74 Å². The number of morpholine rings is 1. The summed E-state index contributed by atoms with van der Waals surface area (Å²) in [6.45, 7) is 10.9. The Morgan fingerprint density at radius 1 is 1.14 bits per heavy atom. The Morgan fingerprint density at radius 2 is 1.86 bits per heavy atom. The number of piperazine rings is 1. The van der Waals surface area contributed by atoms with Crippen molar-refractivity contribution in [1.29, 1.82) is 0 Å². The highest BCUT2D eigenvalue weighted by atomic mass is 16.5. The highest BCUT2D eigenvalue weighted by Crippen LogP contribution is 2.19. The summed E-state index contributed by atoms with van der Waals surface area (Å²) in [6, 6.07) is 0.521. The van der Waals surface area contributed by atoms with E-state index in [0.29, 0.717) is 12.0 Å². The van der Waals surface area contributed by atoms with Crippen LogP contribution in [0, 0.1) is 5.92 Å². The molecule has 0 unspecified atom stereocenters. The standard InChI is InChI=1S/C15H25N5O/c1-12(2)13-11-20(4-3-17-13)15-10-16-9-14(18-15)19-5-7-21-8-6-19/h9-10,12-13,17H,3-8,11H2,1-2H3/t13-/m1/s1. The summed E-state index contributed by atoms with van der Waals surface area (Å²) in [5, 5.41) is 3.58. The van der Waals surface area contributed by atoms with Crippen molar-refractivity contribution in [2.45, 2.75) is 19.9 Å². The van der Waals surface area contributed by atoms with Gasteiger partial charge >= 0.3 is 0 Å². The first kappa shape index (κ1) is 14.5. The Balaban J connectivity index is 1.72. The maximum atomic E-state index is 5.40. The van der Waals surface area contributed by atoms with Crippen molar-refractivity contribution in [3.63, 3.8) is 0 Å². The summed E-state index contributed by atoms with van der Waals surface area (Å²) in [7, 11) is 0. The molecule has 21 heavy (non-hydrogen) atoms. The molecule has 1 aromatic rings. The van der Waals surface area contributed by atoms with Gasteiger partial charge in [-0.25, -0.2) is 4.98 Å². The zero-order valence-electron chi connectivity index (χ0n) is 13.0. The average molecular weight is 291 g/mol. The van der Waals surface area contributed by atoms with Crippen LogP contribution in [0.1, 0.15) is 13.8 Å². The zero-order valence-corrected chi connectivity index (χ0v) is 13.0. The summed E-state index contributed by atoms with van der Waals surface area (Å²) in [4.78, 5) is 13.8. The fourth-order valence-corrected chi connectivity index (χ4v) is 2.88. The number of nitrogens with one attached hydrogen (secondary N) is 1. The predicted molar refractivity (Wildman–Crippen MR) is 83.9 cm³/mol. The molecule has 0 saturated carbocycles. The van der Waals surface area contributed by atoms with E-state index in [0.717, 1.165) is 57.6 Å². The lowest BCUT2D eigenvalue weighted by Crippen LogP contribution is -2.53. The van der Waals surface area contributed by atoms with E-state index in [2.05, 4.69) is 33.9 Å². The van der Waals surface area contributed by atoms with Crippen LogP contribution in [0.3, 0.4) is 0 Å². The van der Waals surface area contributed by atoms with E-state index >= 15 is 0 Å². The summed E-state index contributed by atoms with van der Waals surface area (Å²) in [5.74, 6) is 2.59. The molecule has 2 fully saturated rings. The van der Waals surface area contributed by atoms with Gasteiger partial charge in [-0.05, 0) is 5.92 Å². The van der Waals surface area contributed by atoms with Crippen LogP contribution in [0.5, 0.6) is 0 Å². The normalized spacial score (nSPS) is 23.7. The van der Waals surface area contributed by atoms with Crippen molar-refractivity contribution in [2.75, 3.05) is 55.7 Å². The predicted octanol–water partition coefficient (Wildman–Crippen LogP) is 0.747. The zero-order chi connectivity index (χ0) is 14.7. The van der Waals surface area contributed by atoms with Crippen LogP contribution in [0.25, 0.3) is 0 Å². The van der Waals surface area contributed by atoms with Crippen LogP contribution in [0.2, 0.25) is 0 Å². The first-order valence-electron chi connectivity index (χ1n) is 7.87. The van der Waals surface area contributed by atoms with Crippen molar-refractivity contribution in [3.05, 3.63) is 12.4 Å². The molecule has 0 aromatic carbocycles. The van der Waals surface area contributed by atoms with Crippen molar-refractivity contribution in [2.24, 2.45) is 5.92 Å². The lowest BCUT2D eigenvalue weighted by Gasteiger charge is -2.36. The van der Waals surface area contributed by atoms with Crippen LogP contribution in [-0.2, 0) is 4.74 Å². The average Bonchev–Trinajstić information content (AvgIpc) is 2.56. The second-order valence-corrected chi connectivity index (χ2v) is 6.09. The maximum absolute atomic E-state index is 5.40. The highest BCUT2D eigenvalue weighted by molar-refractivity contribution is 5.46. The molecule has 2 aliphatic rings. The number of aromatic nitrogens is 2. The molecule has 0 amide bonds. The third-order valence-electron chi connectivity index (χ3n) is 4.28. The van der Waals surface area contributed by atoms with Crippen LogP contribution >= 0.6 is 0 Å². The monoisotopic (exact) mass is 291 g/mol. The molecule has 6 heteroatoms. The van der Waals surface area contributed by atoms with Crippen LogP contribution in [0.4, 0.5) is 11.6 Å². The lowest BCUT2D eigenvalue weighted by atomic mass is 10.0. The van der Waals surface area contributed by atoms with Gasteiger partial charge in [-0.2, -0.15) is 0 Å². The SMILES string of the molecule is CC(C)[C@H]1CN(c2cncc(N3CCOCC3)n2)CCN1. The molecule has 3 rings (SSSR count). The molecule has 2 saturated heterocycles. The third-order valence-corrected chi connectivity index (χ3v) is 4.28. The molecule has 2 aliphatic heterocycles. The van der Waals surface area contributed by atoms with Gasteiger partial charge in [0.2, 0.25) is 0 Å². The van der Waals surface area contributed by atoms with E-state index in [1.165, 1.54) is 0 Å². The van der Waals surface area contributed by atoms with E-state index in [1.54, 1.807) is 0 Å². The first-order chi connectivity index (χ1) is 10.2. The van der Waals surface area contributed by atoms with E-state index in [4.69, 9.17) is 9.72 Å². The minimum Gasteiger partial charge on any atom is -0.378 e. The third kappa shape index (κ3) is 3.44. The number of rotatable bonds is 3. The van der Waals surface area contributed by atoms with Crippen molar-refractivity contribution in [3.8, 4) is 0 Å². The van der Waals surface area contributed by atoms with Crippen molar-refractivity contribution >= 4 is 11.6 Å². The maximum Gasteiger partial charge on any atom is 0.149 e. The molecular formula is C15H25N5O. The topological polar surface area (TPSA) is 53.5 Å². The van der Waals surface area contributed by atoms with Crippen LogP contribution < -0.4 is 15.1 Å². The van der Waals surface area contributed by atoms with E-state index in [1.807, 2.05) is 12.4 Å². The molecule has 1 N–H and O–H groups in total. The molecule has 6 nitrogen and oxygen atoms in total. The second-order valence-electron chi connectivity index (χ2n) is 6.09. The van der Waals surface area contributed by atoms with Gasteiger partial charge in [-0.15, -0.1) is 0 Å². The van der Waals surface area contributed by atoms with Gasteiger partial charge in [-0.3, -0.25) is 4.98 Å². The van der Waals surface area contributed by atoms with Gasteiger partial charge < -0.3 is 19.9 Å². The van der Waals surface area contributed by atoms with E-state index < -0.39 is 0 Å². The fourth-order valence-electron chi connectivity index (χ4n) is 2.88. The van der Waals surface area contributed by atoms with Gasteiger partial charge in [-0.1, -0.05) is 13.8 Å². The lowest BCUT2D eigenvalue weighted by molar-refractivity contribution is 0.122. The quantitative estimate of drug-likeness (QED) is 0.887. The minimum absolute atomic E-state index is 0.521. The van der Waals surface area contributed by atoms with E-state index in [-0.39, 0.29) is 0 Å². The molecule has 1 aromatic heterocycles. The molecular weight excluding hydrogens is 266 g/mol. The van der Waals surface area contributed by atoms with Gasteiger partial charge in [0.15, 0.2) is 0 Å². The Morgan fingerprint density at radius 3 is 2.57 bits per heavy atom. The first-order valence-corrected chi connectivity index (χ1v) is 7.87. The summed E-state index contributed by atoms with van der Waals surface area (Å²) in [5.41, 5.74) is 0. The molecule has 116 valence electrons. The molecule has 3 heterocycles. The molecule has 0 spiro atoms. The van der Waals surface area contributed by atoms with Gasteiger partial charge in [0.05, 0.1) is 25.6 Å². The van der Waals surface area contributed by atoms with Crippen molar-refractivity contribution in [1.82, 2.24) is 15.3 Å². The summed E-state index contributed by atoms with van der Waals surface area (Å²) >= 11 is 0. The van der Waals surface area contributed by atoms with E-state index in [9.17, 15) is 0 Å². The second kappa shape index (κ2) is 6.58. The molecule has 0 bridgehead atoms. The fraction of sp³-hybridized carbons (Fsp3) is 0.733. The van der Waals surface area contributed by atoms with Gasteiger partial charge in [0.25, 0.3) is 0 Å². The summed E-state index contributed by atoms with van der Waals surface area (Å²) in [6.07, 6.45) is 3.74.